The zero-order valence-electron chi connectivity index (χ0n) is 15.6. The third-order valence-corrected chi connectivity index (χ3v) is 6.51. The van der Waals surface area contributed by atoms with E-state index < -0.39 is 16.4 Å². The molecule has 2 aliphatic carbocycles. The van der Waals surface area contributed by atoms with Crippen molar-refractivity contribution in [3.05, 3.63) is 62.1 Å². The number of ketones is 2. The van der Waals surface area contributed by atoms with E-state index in [-0.39, 0.29) is 34.3 Å². The molecule has 2 bridgehead atoms. The van der Waals surface area contributed by atoms with Gasteiger partial charge in [-0.15, -0.1) is 18.3 Å². The first kappa shape index (κ1) is 20.0. The summed E-state index contributed by atoms with van der Waals surface area (Å²) in [5.74, 6) is -0.0994. The SMILES string of the molecule is C=C(C)CCSC1=C(C(=O)c2ccc(C#N)cc2[N+](=O)[O-])C(=O)C2CCC1C2. The highest BCUT2D eigenvalue weighted by molar-refractivity contribution is 8.03. The lowest BCUT2D eigenvalue weighted by Crippen LogP contribution is -2.27. The predicted molar refractivity (Wildman–Crippen MR) is 107 cm³/mol. The number of nitriles is 1. The Morgan fingerprint density at radius 3 is 2.75 bits per heavy atom. The number of thioether (sulfide) groups is 1. The summed E-state index contributed by atoms with van der Waals surface area (Å²) >= 11 is 1.50. The molecule has 1 fully saturated rings. The molecule has 6 nitrogen and oxygen atoms in total. The first-order valence-electron chi connectivity index (χ1n) is 9.12. The topological polar surface area (TPSA) is 101 Å². The van der Waals surface area contributed by atoms with Gasteiger partial charge in [-0.3, -0.25) is 19.7 Å². The highest BCUT2D eigenvalue weighted by atomic mass is 32.2. The molecule has 7 heteroatoms. The van der Waals surface area contributed by atoms with Crippen LogP contribution < -0.4 is 0 Å². The third-order valence-electron chi connectivity index (χ3n) is 5.25. The van der Waals surface area contributed by atoms with Gasteiger partial charge in [-0.1, -0.05) is 5.57 Å². The van der Waals surface area contributed by atoms with Gasteiger partial charge in [0.15, 0.2) is 5.78 Å². The summed E-state index contributed by atoms with van der Waals surface area (Å²) < 4.78 is 0. The van der Waals surface area contributed by atoms with Crippen molar-refractivity contribution in [3.8, 4) is 6.07 Å². The van der Waals surface area contributed by atoms with Crippen LogP contribution in [0.25, 0.3) is 0 Å². The lowest BCUT2D eigenvalue weighted by atomic mass is 9.84. The molecule has 2 aliphatic rings. The van der Waals surface area contributed by atoms with E-state index in [0.29, 0.717) is 5.75 Å². The first-order valence-corrected chi connectivity index (χ1v) is 10.1. The average molecular weight is 396 g/mol. The minimum atomic E-state index is -0.676. The van der Waals surface area contributed by atoms with Crippen LogP contribution in [-0.2, 0) is 4.79 Å². The Labute approximate surface area is 167 Å². The fraction of sp³-hybridized carbons (Fsp3) is 0.381. The number of nitro benzene ring substituents is 1. The minimum Gasteiger partial charge on any atom is -0.294 e. The summed E-state index contributed by atoms with van der Waals surface area (Å²) in [6, 6.07) is 5.58. The molecular weight excluding hydrogens is 376 g/mol. The second-order valence-corrected chi connectivity index (χ2v) is 8.43. The number of benzene rings is 1. The van der Waals surface area contributed by atoms with Crippen LogP contribution in [0, 0.1) is 33.3 Å². The number of nitrogens with zero attached hydrogens (tertiary/aromatic N) is 2. The highest BCUT2D eigenvalue weighted by Crippen LogP contribution is 2.48. The van der Waals surface area contributed by atoms with E-state index in [4.69, 9.17) is 5.26 Å². The highest BCUT2D eigenvalue weighted by Gasteiger charge is 2.44. The number of Topliss-reactive ketones (excluding diaryl/α,β-unsaturated/α-hetero) is 2. The Balaban J connectivity index is 2.06. The van der Waals surface area contributed by atoms with E-state index in [1.165, 1.54) is 23.9 Å². The van der Waals surface area contributed by atoms with Crippen LogP contribution in [0.5, 0.6) is 0 Å². The van der Waals surface area contributed by atoms with Crippen molar-refractivity contribution in [2.24, 2.45) is 11.8 Å². The fourth-order valence-electron chi connectivity index (χ4n) is 3.82. The van der Waals surface area contributed by atoms with Gasteiger partial charge < -0.3 is 0 Å². The van der Waals surface area contributed by atoms with Gasteiger partial charge in [-0.05, 0) is 50.7 Å². The molecular formula is C21H20N2O4S. The molecule has 0 aromatic heterocycles. The van der Waals surface area contributed by atoms with Crippen molar-refractivity contribution in [3.63, 3.8) is 0 Å². The van der Waals surface area contributed by atoms with Crippen LogP contribution in [0.4, 0.5) is 5.69 Å². The number of hydrogen-bond acceptors (Lipinski definition) is 6. The van der Waals surface area contributed by atoms with E-state index in [9.17, 15) is 19.7 Å². The molecule has 3 rings (SSSR count). The Hall–Kier alpha value is -2.72. The van der Waals surface area contributed by atoms with Crippen LogP contribution in [-0.4, -0.2) is 22.2 Å². The molecule has 0 spiro atoms. The molecule has 0 aliphatic heterocycles. The summed E-state index contributed by atoms with van der Waals surface area (Å²) in [4.78, 5) is 37.8. The summed E-state index contributed by atoms with van der Waals surface area (Å²) in [7, 11) is 0. The Morgan fingerprint density at radius 1 is 1.39 bits per heavy atom. The van der Waals surface area contributed by atoms with E-state index in [1.807, 2.05) is 13.0 Å². The molecule has 1 aromatic rings. The Morgan fingerprint density at radius 2 is 2.11 bits per heavy atom. The first-order chi connectivity index (χ1) is 13.3. The number of fused-ring (bicyclic) bond motifs is 2. The number of allylic oxidation sites excluding steroid dienone is 3. The molecule has 0 radical (unpaired) electrons. The summed E-state index contributed by atoms with van der Waals surface area (Å²) in [6.45, 7) is 5.81. The smallest absolute Gasteiger partial charge is 0.281 e. The largest absolute Gasteiger partial charge is 0.294 e. The number of nitro groups is 1. The van der Waals surface area contributed by atoms with Gasteiger partial charge in [-0.25, -0.2) is 0 Å². The van der Waals surface area contributed by atoms with Gasteiger partial charge in [0.05, 0.1) is 22.1 Å². The molecule has 0 amide bonds. The monoisotopic (exact) mass is 396 g/mol. The Kier molecular flexibility index (Phi) is 5.80. The van der Waals surface area contributed by atoms with Crippen LogP contribution in [0.15, 0.2) is 40.8 Å². The zero-order valence-corrected chi connectivity index (χ0v) is 16.4. The van der Waals surface area contributed by atoms with Gasteiger partial charge in [0, 0.05) is 22.6 Å². The summed E-state index contributed by atoms with van der Waals surface area (Å²) in [5.41, 5.74) is 0.664. The molecule has 144 valence electrons. The van der Waals surface area contributed by atoms with Crippen LogP contribution in [0.3, 0.4) is 0 Å². The van der Waals surface area contributed by atoms with Crippen molar-refractivity contribution in [1.29, 1.82) is 5.26 Å². The maximum Gasteiger partial charge on any atom is 0.281 e. The van der Waals surface area contributed by atoms with Crippen LogP contribution in [0.2, 0.25) is 0 Å². The van der Waals surface area contributed by atoms with Gasteiger partial charge in [-0.2, -0.15) is 5.26 Å². The third kappa shape index (κ3) is 3.78. The second-order valence-electron chi connectivity index (χ2n) is 7.30. The molecule has 0 saturated heterocycles. The van der Waals surface area contributed by atoms with Crippen molar-refractivity contribution in [2.45, 2.75) is 32.6 Å². The Bertz CT molecular complexity index is 958. The fourth-order valence-corrected chi connectivity index (χ4v) is 5.27. The maximum atomic E-state index is 13.3. The van der Waals surface area contributed by atoms with Gasteiger partial charge in [0.25, 0.3) is 5.69 Å². The molecule has 2 unspecified atom stereocenters. The average Bonchev–Trinajstić information content (AvgIpc) is 3.11. The molecule has 0 heterocycles. The number of hydrogen-bond donors (Lipinski definition) is 0. The summed E-state index contributed by atoms with van der Waals surface area (Å²) in [5, 5.41) is 20.5. The van der Waals surface area contributed by atoms with Gasteiger partial charge >= 0.3 is 0 Å². The van der Waals surface area contributed by atoms with Crippen LogP contribution >= 0.6 is 11.8 Å². The maximum absolute atomic E-state index is 13.3. The van der Waals surface area contributed by atoms with Crippen molar-refractivity contribution in [1.82, 2.24) is 0 Å². The lowest BCUT2D eigenvalue weighted by Gasteiger charge is -2.24. The van der Waals surface area contributed by atoms with Crippen molar-refractivity contribution >= 4 is 29.0 Å². The quantitative estimate of drug-likeness (QED) is 0.219. The van der Waals surface area contributed by atoms with Crippen molar-refractivity contribution < 1.29 is 14.5 Å². The molecule has 28 heavy (non-hydrogen) atoms. The van der Waals surface area contributed by atoms with E-state index >= 15 is 0 Å². The van der Waals surface area contributed by atoms with Crippen LogP contribution in [0.1, 0.15) is 48.5 Å². The standard InChI is InChI=1S/C21H20N2O4S/c1-12(2)7-8-28-21-15-5-4-14(10-15)19(24)18(21)20(25)16-6-3-13(11-22)9-17(16)23(26)27/h3,6,9,14-15H,1,4-5,7-8,10H2,2H3. The van der Waals surface area contributed by atoms with Gasteiger partial charge in [0.1, 0.15) is 5.56 Å². The normalized spacial score (nSPS) is 20.8. The van der Waals surface area contributed by atoms with E-state index in [2.05, 4.69) is 6.58 Å². The number of rotatable bonds is 7. The predicted octanol–water partition coefficient (Wildman–Crippen LogP) is 4.60. The minimum absolute atomic E-state index is 0.100. The molecule has 1 saturated carbocycles. The zero-order chi connectivity index (χ0) is 20.4. The number of carbonyl (C=O) groups excluding carboxylic acids is 2. The molecule has 0 N–H and O–H groups in total. The summed E-state index contributed by atoms with van der Waals surface area (Å²) in [6.07, 6.45) is 3.13. The van der Waals surface area contributed by atoms with E-state index in [0.717, 1.165) is 42.2 Å². The lowest BCUT2D eigenvalue weighted by molar-refractivity contribution is -0.385. The van der Waals surface area contributed by atoms with E-state index in [1.54, 1.807) is 0 Å². The van der Waals surface area contributed by atoms with Gasteiger partial charge in [0.2, 0.25) is 5.78 Å². The number of carbonyl (C=O) groups is 2. The molecule has 1 aromatic carbocycles. The van der Waals surface area contributed by atoms with Crippen molar-refractivity contribution in [2.75, 3.05) is 5.75 Å². The molecule has 2 atom stereocenters. The second kappa shape index (κ2) is 8.11.